The molecule has 0 saturated carbocycles. The summed E-state index contributed by atoms with van der Waals surface area (Å²) >= 11 is 0. The molecule has 1 aromatic rings. The number of benzene rings is 1. The maximum atomic E-state index is 5.95. The van der Waals surface area contributed by atoms with Gasteiger partial charge in [-0.25, -0.2) is 0 Å². The van der Waals surface area contributed by atoms with Crippen LogP contribution in [-0.4, -0.2) is 19.6 Å². The van der Waals surface area contributed by atoms with Crippen LogP contribution in [0.25, 0.3) is 0 Å². The molecule has 0 aliphatic heterocycles. The van der Waals surface area contributed by atoms with Gasteiger partial charge in [-0.2, -0.15) is 0 Å². The second kappa shape index (κ2) is 4.67. The molecule has 0 fully saturated rings. The van der Waals surface area contributed by atoms with Crippen LogP contribution >= 0.6 is 0 Å². The number of anilines is 1. The van der Waals surface area contributed by atoms with Gasteiger partial charge in [-0.3, -0.25) is 0 Å². The molecular weight excluding hydrogens is 184 g/mol. The standard InChI is InChI=1S/C13H22N2/c1-13(2,14)10-9-11-5-7-12(8-6-11)15(3)4/h5-8H,9-10,14H2,1-4H3. The average molecular weight is 206 g/mol. The van der Waals surface area contributed by atoms with E-state index in [9.17, 15) is 0 Å². The zero-order valence-electron chi connectivity index (χ0n) is 10.2. The van der Waals surface area contributed by atoms with E-state index >= 15 is 0 Å². The van der Waals surface area contributed by atoms with Crippen LogP contribution in [0.15, 0.2) is 24.3 Å². The molecule has 2 N–H and O–H groups in total. The van der Waals surface area contributed by atoms with Crippen molar-refractivity contribution in [3.05, 3.63) is 29.8 Å². The number of nitrogens with two attached hydrogens (primary N) is 1. The highest BCUT2D eigenvalue weighted by atomic mass is 15.1. The summed E-state index contributed by atoms with van der Waals surface area (Å²) in [5.74, 6) is 0. The minimum atomic E-state index is -0.0692. The molecule has 0 aliphatic rings. The van der Waals surface area contributed by atoms with Crippen LogP contribution in [-0.2, 0) is 6.42 Å². The van der Waals surface area contributed by atoms with Crippen LogP contribution in [0.4, 0.5) is 5.69 Å². The zero-order chi connectivity index (χ0) is 11.5. The Hall–Kier alpha value is -1.02. The lowest BCUT2D eigenvalue weighted by atomic mass is 9.96. The van der Waals surface area contributed by atoms with Crippen LogP contribution in [0.5, 0.6) is 0 Å². The molecule has 15 heavy (non-hydrogen) atoms. The number of rotatable bonds is 4. The normalized spacial score (nSPS) is 11.5. The van der Waals surface area contributed by atoms with Gasteiger partial charge in [0, 0.05) is 25.3 Å². The Labute approximate surface area is 93.1 Å². The Morgan fingerprint density at radius 3 is 2.07 bits per heavy atom. The molecule has 0 aliphatic carbocycles. The third-order valence-corrected chi connectivity index (χ3v) is 2.51. The fourth-order valence-electron chi connectivity index (χ4n) is 1.43. The summed E-state index contributed by atoms with van der Waals surface area (Å²) in [7, 11) is 4.11. The van der Waals surface area contributed by atoms with Crippen LogP contribution in [0.3, 0.4) is 0 Å². The monoisotopic (exact) mass is 206 g/mol. The van der Waals surface area contributed by atoms with Crippen LogP contribution in [0, 0.1) is 0 Å². The summed E-state index contributed by atoms with van der Waals surface area (Å²) in [6.45, 7) is 4.14. The highest BCUT2D eigenvalue weighted by Crippen LogP contribution is 2.15. The molecular formula is C13H22N2. The third-order valence-electron chi connectivity index (χ3n) is 2.51. The SMILES string of the molecule is CN(C)c1ccc(CCC(C)(C)N)cc1. The predicted molar refractivity (Wildman–Crippen MR) is 67.4 cm³/mol. The van der Waals surface area contributed by atoms with E-state index in [1.165, 1.54) is 11.3 Å². The van der Waals surface area contributed by atoms with E-state index in [1.54, 1.807) is 0 Å². The lowest BCUT2D eigenvalue weighted by molar-refractivity contribution is 0.477. The van der Waals surface area contributed by atoms with Crippen molar-refractivity contribution in [3.63, 3.8) is 0 Å². The molecule has 0 amide bonds. The Morgan fingerprint density at radius 2 is 1.67 bits per heavy atom. The first-order valence-corrected chi connectivity index (χ1v) is 5.44. The fraction of sp³-hybridized carbons (Fsp3) is 0.538. The Bertz CT molecular complexity index is 293. The topological polar surface area (TPSA) is 29.3 Å². The van der Waals surface area contributed by atoms with Gasteiger partial charge in [-0.05, 0) is 44.4 Å². The van der Waals surface area contributed by atoms with Crippen molar-refractivity contribution < 1.29 is 0 Å². The van der Waals surface area contributed by atoms with Crippen molar-refractivity contribution in [1.82, 2.24) is 0 Å². The minimum absolute atomic E-state index is 0.0692. The van der Waals surface area contributed by atoms with Crippen molar-refractivity contribution in [2.75, 3.05) is 19.0 Å². The first kappa shape index (κ1) is 12.1. The van der Waals surface area contributed by atoms with E-state index in [-0.39, 0.29) is 5.54 Å². The molecule has 0 bridgehead atoms. The van der Waals surface area contributed by atoms with Gasteiger partial charge in [0.2, 0.25) is 0 Å². The zero-order valence-corrected chi connectivity index (χ0v) is 10.2. The summed E-state index contributed by atoms with van der Waals surface area (Å²) in [6, 6.07) is 8.67. The van der Waals surface area contributed by atoms with Gasteiger partial charge in [0.1, 0.15) is 0 Å². The van der Waals surface area contributed by atoms with Crippen molar-refractivity contribution >= 4 is 5.69 Å². The first-order chi connectivity index (χ1) is 6.88. The molecule has 2 nitrogen and oxygen atoms in total. The van der Waals surface area contributed by atoms with E-state index < -0.39 is 0 Å². The van der Waals surface area contributed by atoms with Crippen molar-refractivity contribution in [2.24, 2.45) is 5.73 Å². The predicted octanol–water partition coefficient (Wildman–Crippen LogP) is 2.42. The summed E-state index contributed by atoms with van der Waals surface area (Å²) < 4.78 is 0. The van der Waals surface area contributed by atoms with Crippen molar-refractivity contribution in [2.45, 2.75) is 32.2 Å². The smallest absolute Gasteiger partial charge is 0.0361 e. The van der Waals surface area contributed by atoms with Crippen LogP contribution in [0.2, 0.25) is 0 Å². The second-order valence-corrected chi connectivity index (χ2v) is 5.05. The van der Waals surface area contributed by atoms with Gasteiger partial charge < -0.3 is 10.6 Å². The van der Waals surface area contributed by atoms with E-state index in [4.69, 9.17) is 5.73 Å². The van der Waals surface area contributed by atoms with E-state index in [0.29, 0.717) is 0 Å². The lowest BCUT2D eigenvalue weighted by Crippen LogP contribution is -2.32. The summed E-state index contributed by atoms with van der Waals surface area (Å²) in [6.07, 6.45) is 2.07. The number of hydrogen-bond donors (Lipinski definition) is 1. The average Bonchev–Trinajstić information content (AvgIpc) is 2.14. The molecule has 2 heteroatoms. The molecule has 0 atom stereocenters. The third kappa shape index (κ3) is 4.34. The number of aryl methyl sites for hydroxylation is 1. The molecule has 0 radical (unpaired) electrons. The van der Waals surface area contributed by atoms with Gasteiger partial charge in [-0.1, -0.05) is 12.1 Å². The molecule has 0 heterocycles. The van der Waals surface area contributed by atoms with Crippen molar-refractivity contribution in [1.29, 1.82) is 0 Å². The second-order valence-electron chi connectivity index (χ2n) is 5.05. The van der Waals surface area contributed by atoms with E-state index in [0.717, 1.165) is 12.8 Å². The van der Waals surface area contributed by atoms with Crippen LogP contribution < -0.4 is 10.6 Å². The molecule has 1 rings (SSSR count). The van der Waals surface area contributed by atoms with Gasteiger partial charge in [0.15, 0.2) is 0 Å². The maximum Gasteiger partial charge on any atom is 0.0361 e. The Kier molecular flexibility index (Phi) is 3.75. The summed E-state index contributed by atoms with van der Waals surface area (Å²) in [5, 5.41) is 0. The summed E-state index contributed by atoms with van der Waals surface area (Å²) in [5.41, 5.74) is 8.49. The first-order valence-electron chi connectivity index (χ1n) is 5.44. The Morgan fingerprint density at radius 1 is 1.13 bits per heavy atom. The van der Waals surface area contributed by atoms with Gasteiger partial charge in [0.25, 0.3) is 0 Å². The molecule has 0 spiro atoms. The van der Waals surface area contributed by atoms with E-state index in [1.807, 2.05) is 0 Å². The maximum absolute atomic E-state index is 5.95. The van der Waals surface area contributed by atoms with E-state index in [2.05, 4.69) is 57.1 Å². The van der Waals surface area contributed by atoms with Crippen molar-refractivity contribution in [3.8, 4) is 0 Å². The summed E-state index contributed by atoms with van der Waals surface area (Å²) in [4.78, 5) is 2.11. The highest BCUT2D eigenvalue weighted by molar-refractivity contribution is 5.45. The minimum Gasteiger partial charge on any atom is -0.378 e. The fourth-order valence-corrected chi connectivity index (χ4v) is 1.43. The number of nitrogens with zero attached hydrogens (tertiary/aromatic N) is 1. The lowest BCUT2D eigenvalue weighted by Gasteiger charge is -2.18. The number of hydrogen-bond acceptors (Lipinski definition) is 2. The van der Waals surface area contributed by atoms with Crippen LogP contribution in [0.1, 0.15) is 25.8 Å². The van der Waals surface area contributed by atoms with Gasteiger partial charge in [0.05, 0.1) is 0 Å². The molecule has 0 aromatic heterocycles. The quantitative estimate of drug-likeness (QED) is 0.819. The Balaban J connectivity index is 2.57. The molecule has 0 unspecified atom stereocenters. The van der Waals surface area contributed by atoms with Gasteiger partial charge >= 0.3 is 0 Å². The highest BCUT2D eigenvalue weighted by Gasteiger charge is 2.10. The molecule has 1 aromatic carbocycles. The molecule has 84 valence electrons. The largest absolute Gasteiger partial charge is 0.378 e. The molecule has 0 saturated heterocycles. The van der Waals surface area contributed by atoms with Gasteiger partial charge in [-0.15, -0.1) is 0 Å².